The summed E-state index contributed by atoms with van der Waals surface area (Å²) in [5, 5.41) is 6.72. The summed E-state index contributed by atoms with van der Waals surface area (Å²) in [5.41, 5.74) is 6.48. The van der Waals surface area contributed by atoms with E-state index in [9.17, 15) is 4.79 Å². The lowest BCUT2D eigenvalue weighted by molar-refractivity contribution is -0.118. The topological polar surface area (TPSA) is 41.5 Å². The fourth-order valence-electron chi connectivity index (χ4n) is 3.25. The Morgan fingerprint density at radius 1 is 1.00 bits per heavy atom. The normalized spacial score (nSPS) is 12.8. The van der Waals surface area contributed by atoms with Crippen LogP contribution in [-0.4, -0.2) is 17.9 Å². The smallest absolute Gasteiger partial charge is 0.250 e. The van der Waals surface area contributed by atoms with Crippen LogP contribution in [0.25, 0.3) is 10.8 Å². The largest absolute Gasteiger partial charge is 0.272 e. The monoisotopic (exact) mass is 346 g/mol. The molecule has 3 nitrogen and oxygen atoms in total. The van der Waals surface area contributed by atoms with Crippen molar-refractivity contribution in [2.24, 2.45) is 5.10 Å². The van der Waals surface area contributed by atoms with Crippen molar-refractivity contribution in [1.82, 2.24) is 5.43 Å². The summed E-state index contributed by atoms with van der Waals surface area (Å²) >= 11 is 1.50. The first kappa shape index (κ1) is 15.9. The first-order valence-corrected chi connectivity index (χ1v) is 9.33. The first-order valence-electron chi connectivity index (χ1n) is 8.34. The van der Waals surface area contributed by atoms with Crippen LogP contribution in [0.4, 0.5) is 0 Å². The maximum atomic E-state index is 11.9. The first-order chi connectivity index (χ1) is 12.3. The quantitative estimate of drug-likeness (QED) is 0.428. The summed E-state index contributed by atoms with van der Waals surface area (Å²) in [6.07, 6.45) is 3.97. The lowest BCUT2D eigenvalue weighted by Crippen LogP contribution is -2.19. The summed E-state index contributed by atoms with van der Waals surface area (Å²) in [5.74, 6) is 0.251. The van der Waals surface area contributed by atoms with Gasteiger partial charge in [0.2, 0.25) is 5.91 Å². The second kappa shape index (κ2) is 7.11. The number of hydrogen-bond acceptors (Lipinski definition) is 3. The van der Waals surface area contributed by atoms with Gasteiger partial charge in [0.1, 0.15) is 0 Å². The molecule has 124 valence electrons. The molecule has 0 aliphatic heterocycles. The van der Waals surface area contributed by atoms with Gasteiger partial charge in [-0.2, -0.15) is 5.10 Å². The molecule has 1 aliphatic rings. The lowest BCUT2D eigenvalue weighted by atomic mass is 10.0. The zero-order chi connectivity index (χ0) is 17.1. The average molecular weight is 346 g/mol. The van der Waals surface area contributed by atoms with Crippen molar-refractivity contribution in [2.45, 2.75) is 17.7 Å². The van der Waals surface area contributed by atoms with Crippen LogP contribution in [-0.2, 0) is 17.6 Å². The highest BCUT2D eigenvalue weighted by Gasteiger charge is 2.14. The number of carbonyl (C=O) groups excluding carboxylic acids is 1. The zero-order valence-electron chi connectivity index (χ0n) is 13.7. The molecule has 0 aromatic heterocycles. The van der Waals surface area contributed by atoms with E-state index in [0.29, 0.717) is 5.75 Å². The Kier molecular flexibility index (Phi) is 4.53. The predicted octanol–water partition coefficient (Wildman–Crippen LogP) is 4.18. The highest BCUT2D eigenvalue weighted by Crippen LogP contribution is 2.32. The molecule has 4 rings (SSSR count). The Hall–Kier alpha value is -2.59. The summed E-state index contributed by atoms with van der Waals surface area (Å²) < 4.78 is 0. The van der Waals surface area contributed by atoms with Crippen molar-refractivity contribution in [1.29, 1.82) is 0 Å². The van der Waals surface area contributed by atoms with Crippen LogP contribution in [0.3, 0.4) is 0 Å². The number of thioether (sulfide) groups is 1. The molecule has 0 saturated carbocycles. The van der Waals surface area contributed by atoms with Gasteiger partial charge >= 0.3 is 0 Å². The van der Waals surface area contributed by atoms with Gasteiger partial charge in [-0.05, 0) is 46.9 Å². The van der Waals surface area contributed by atoms with E-state index in [1.807, 2.05) is 30.3 Å². The maximum absolute atomic E-state index is 11.9. The van der Waals surface area contributed by atoms with Gasteiger partial charge in [0, 0.05) is 10.5 Å². The Balaban J connectivity index is 1.43. The molecule has 0 spiro atoms. The summed E-state index contributed by atoms with van der Waals surface area (Å²) in [4.78, 5) is 13.0. The molecule has 3 aromatic carbocycles. The molecule has 0 bridgehead atoms. The van der Waals surface area contributed by atoms with Crippen LogP contribution in [0.1, 0.15) is 16.7 Å². The van der Waals surface area contributed by atoms with Gasteiger partial charge in [-0.3, -0.25) is 4.79 Å². The Morgan fingerprint density at radius 3 is 2.64 bits per heavy atom. The number of hydrazone groups is 1. The van der Waals surface area contributed by atoms with Gasteiger partial charge in [-0.1, -0.05) is 48.5 Å². The van der Waals surface area contributed by atoms with E-state index in [0.717, 1.165) is 23.3 Å². The maximum Gasteiger partial charge on any atom is 0.250 e. The van der Waals surface area contributed by atoms with Crippen LogP contribution in [0.15, 0.2) is 70.7 Å². The molecule has 0 atom stereocenters. The highest BCUT2D eigenvalue weighted by atomic mass is 32.2. The minimum absolute atomic E-state index is 0.101. The average Bonchev–Trinajstić information content (AvgIpc) is 3.08. The van der Waals surface area contributed by atoms with E-state index in [1.165, 1.54) is 33.7 Å². The van der Waals surface area contributed by atoms with Crippen molar-refractivity contribution >= 4 is 34.7 Å². The van der Waals surface area contributed by atoms with Gasteiger partial charge < -0.3 is 0 Å². The predicted molar refractivity (Wildman–Crippen MR) is 104 cm³/mol. The molecule has 25 heavy (non-hydrogen) atoms. The van der Waals surface area contributed by atoms with Crippen molar-refractivity contribution in [3.8, 4) is 0 Å². The Labute approximate surface area is 151 Å². The van der Waals surface area contributed by atoms with E-state index in [2.05, 4.69) is 40.9 Å². The van der Waals surface area contributed by atoms with Gasteiger partial charge in [-0.25, -0.2) is 5.43 Å². The summed E-state index contributed by atoms with van der Waals surface area (Å²) in [7, 11) is 0. The lowest BCUT2D eigenvalue weighted by Gasteiger charge is -2.05. The third kappa shape index (κ3) is 3.44. The SMILES string of the molecule is O=C(CSc1ccccc1)N/N=C\c1ccc2c3c(cccc13)CC2. The fourth-order valence-corrected chi connectivity index (χ4v) is 3.97. The van der Waals surface area contributed by atoms with Crippen LogP contribution in [0, 0.1) is 0 Å². The molecule has 1 amide bonds. The molecule has 0 saturated heterocycles. The standard InChI is InChI=1S/C21H18N2OS/c24-20(14-25-18-6-2-1-3-7-18)23-22-13-17-12-11-16-10-9-15-5-4-8-19(17)21(15)16/h1-8,11-13H,9-10,14H2,(H,23,24)/b22-13-. The Morgan fingerprint density at radius 2 is 1.80 bits per heavy atom. The number of aryl methyl sites for hydroxylation is 2. The van der Waals surface area contributed by atoms with Crippen molar-refractivity contribution < 1.29 is 4.79 Å². The van der Waals surface area contributed by atoms with Crippen molar-refractivity contribution in [3.05, 3.63) is 77.4 Å². The third-order valence-electron chi connectivity index (χ3n) is 4.42. The molecule has 4 heteroatoms. The van der Waals surface area contributed by atoms with Gasteiger partial charge in [-0.15, -0.1) is 11.8 Å². The van der Waals surface area contributed by atoms with Crippen LogP contribution in [0.2, 0.25) is 0 Å². The van der Waals surface area contributed by atoms with Crippen LogP contribution in [0.5, 0.6) is 0 Å². The number of nitrogens with one attached hydrogen (secondary N) is 1. The number of rotatable bonds is 5. The van der Waals surface area contributed by atoms with Crippen LogP contribution < -0.4 is 5.43 Å². The number of benzene rings is 3. The van der Waals surface area contributed by atoms with E-state index in [1.54, 1.807) is 6.21 Å². The van der Waals surface area contributed by atoms with E-state index >= 15 is 0 Å². The molecule has 0 radical (unpaired) electrons. The van der Waals surface area contributed by atoms with E-state index in [4.69, 9.17) is 0 Å². The van der Waals surface area contributed by atoms with Gasteiger partial charge in [0.25, 0.3) is 0 Å². The summed E-state index contributed by atoms with van der Waals surface area (Å²) in [6, 6.07) is 20.6. The number of amides is 1. The van der Waals surface area contributed by atoms with E-state index < -0.39 is 0 Å². The fraction of sp³-hybridized carbons (Fsp3) is 0.143. The van der Waals surface area contributed by atoms with E-state index in [-0.39, 0.29) is 5.91 Å². The molecule has 1 N–H and O–H groups in total. The van der Waals surface area contributed by atoms with Gasteiger partial charge in [0.15, 0.2) is 0 Å². The Bertz CT molecular complexity index is 941. The van der Waals surface area contributed by atoms with Gasteiger partial charge in [0.05, 0.1) is 12.0 Å². The zero-order valence-corrected chi connectivity index (χ0v) is 14.6. The molecule has 0 unspecified atom stereocenters. The molecule has 3 aromatic rings. The molecular formula is C21H18N2OS. The summed E-state index contributed by atoms with van der Waals surface area (Å²) in [6.45, 7) is 0. The molecule has 0 heterocycles. The number of nitrogens with zero attached hydrogens (tertiary/aromatic N) is 1. The molecule has 0 fully saturated rings. The minimum Gasteiger partial charge on any atom is -0.272 e. The van der Waals surface area contributed by atoms with Crippen molar-refractivity contribution in [3.63, 3.8) is 0 Å². The molecular weight excluding hydrogens is 328 g/mol. The van der Waals surface area contributed by atoms with Crippen molar-refractivity contribution in [2.75, 3.05) is 5.75 Å². The number of carbonyl (C=O) groups is 1. The third-order valence-corrected chi connectivity index (χ3v) is 5.43. The minimum atomic E-state index is -0.101. The van der Waals surface area contributed by atoms with Crippen LogP contribution >= 0.6 is 11.8 Å². The highest BCUT2D eigenvalue weighted by molar-refractivity contribution is 8.00. The molecule has 1 aliphatic carbocycles. The second-order valence-electron chi connectivity index (χ2n) is 6.05. The number of hydrogen-bond donors (Lipinski definition) is 1. The second-order valence-corrected chi connectivity index (χ2v) is 7.10.